The molecule has 2 unspecified atom stereocenters. The van der Waals surface area contributed by atoms with E-state index in [1.807, 2.05) is 12.1 Å². The summed E-state index contributed by atoms with van der Waals surface area (Å²) in [7, 11) is 0. The smallest absolute Gasteiger partial charge is 0.159 e. The number of nitrogens with one attached hydrogen (secondary N) is 1. The largest absolute Gasteiger partial charge is 0.396 e. The zero-order valence-electron chi connectivity index (χ0n) is 14.8. The third-order valence-electron chi connectivity index (χ3n) is 4.24. The first-order valence-corrected chi connectivity index (χ1v) is 8.67. The van der Waals surface area contributed by atoms with Gasteiger partial charge in [-0.15, -0.1) is 0 Å². The van der Waals surface area contributed by atoms with Crippen molar-refractivity contribution < 1.29 is 13.9 Å². The van der Waals surface area contributed by atoms with Gasteiger partial charge in [0.2, 0.25) is 0 Å². The minimum absolute atomic E-state index is 0.0171. The van der Waals surface area contributed by atoms with Gasteiger partial charge >= 0.3 is 0 Å². The summed E-state index contributed by atoms with van der Waals surface area (Å²) < 4.78 is 26.4. The van der Waals surface area contributed by atoms with Gasteiger partial charge in [0.1, 0.15) is 0 Å². The lowest BCUT2D eigenvalue weighted by atomic mass is 9.95. The van der Waals surface area contributed by atoms with E-state index in [1.54, 1.807) is 18.5 Å². The molecule has 1 aromatic carbocycles. The molecule has 0 spiro atoms. The summed E-state index contributed by atoms with van der Waals surface area (Å²) >= 11 is 0. The second-order valence-corrected chi connectivity index (χ2v) is 6.87. The van der Waals surface area contributed by atoms with Crippen molar-refractivity contribution in [2.45, 2.75) is 32.7 Å². The lowest BCUT2D eigenvalue weighted by Crippen LogP contribution is -2.31. The molecule has 25 heavy (non-hydrogen) atoms. The van der Waals surface area contributed by atoms with Crippen LogP contribution in [0.1, 0.15) is 37.4 Å². The summed E-state index contributed by atoms with van der Waals surface area (Å²) in [6, 6.07) is 8.04. The van der Waals surface area contributed by atoms with Gasteiger partial charge in [0.05, 0.1) is 0 Å². The second kappa shape index (κ2) is 9.59. The highest BCUT2D eigenvalue weighted by Crippen LogP contribution is 2.21. The highest BCUT2D eigenvalue weighted by Gasteiger charge is 2.16. The van der Waals surface area contributed by atoms with Gasteiger partial charge < -0.3 is 10.4 Å². The van der Waals surface area contributed by atoms with Crippen LogP contribution in [-0.4, -0.2) is 23.2 Å². The molecule has 1 aromatic heterocycles. The minimum atomic E-state index is -0.850. The van der Waals surface area contributed by atoms with Gasteiger partial charge in [0.15, 0.2) is 11.6 Å². The highest BCUT2D eigenvalue weighted by molar-refractivity contribution is 5.19. The van der Waals surface area contributed by atoms with E-state index in [2.05, 4.69) is 24.1 Å². The maximum Gasteiger partial charge on any atom is 0.159 e. The molecule has 2 atom stereocenters. The molecule has 0 saturated carbocycles. The quantitative estimate of drug-likeness (QED) is 0.723. The zero-order valence-corrected chi connectivity index (χ0v) is 14.8. The fourth-order valence-corrected chi connectivity index (χ4v) is 2.91. The van der Waals surface area contributed by atoms with Crippen LogP contribution >= 0.6 is 0 Å². The van der Waals surface area contributed by atoms with Gasteiger partial charge in [0, 0.05) is 31.6 Å². The van der Waals surface area contributed by atoms with E-state index in [9.17, 15) is 13.9 Å². The number of pyridine rings is 1. The Morgan fingerprint density at radius 2 is 1.80 bits per heavy atom. The fourth-order valence-electron chi connectivity index (χ4n) is 2.91. The molecule has 0 saturated heterocycles. The molecule has 0 aliphatic heterocycles. The van der Waals surface area contributed by atoms with Crippen molar-refractivity contribution in [1.82, 2.24) is 10.3 Å². The predicted molar refractivity (Wildman–Crippen MR) is 95.1 cm³/mol. The van der Waals surface area contributed by atoms with Gasteiger partial charge in [0.25, 0.3) is 0 Å². The number of benzene rings is 1. The number of rotatable bonds is 9. The minimum Gasteiger partial charge on any atom is -0.396 e. The lowest BCUT2D eigenvalue weighted by Gasteiger charge is -2.24. The summed E-state index contributed by atoms with van der Waals surface area (Å²) in [6.45, 7) is 4.91. The van der Waals surface area contributed by atoms with Gasteiger partial charge in [-0.3, -0.25) is 4.98 Å². The van der Waals surface area contributed by atoms with Crippen molar-refractivity contribution in [2.75, 3.05) is 13.2 Å². The van der Waals surface area contributed by atoms with Crippen LogP contribution in [0.4, 0.5) is 8.78 Å². The zero-order chi connectivity index (χ0) is 18.2. The van der Waals surface area contributed by atoms with Gasteiger partial charge in [-0.25, -0.2) is 8.78 Å². The number of aliphatic hydroxyl groups is 1. The standard InChI is InChI=1S/C20H26F2N2O/c1-14(2)9-20(17-5-7-23-8-6-17)24-12-16(13-25)10-15-3-4-18(21)19(22)11-15/h3-8,11,14,16,20,24-25H,9-10,12-13H2,1-2H3. The Labute approximate surface area is 148 Å². The number of halogens is 2. The SMILES string of the molecule is CC(C)CC(NCC(CO)Cc1ccc(F)c(F)c1)c1ccncc1. The lowest BCUT2D eigenvalue weighted by molar-refractivity contribution is 0.216. The summed E-state index contributed by atoms with van der Waals surface area (Å²) in [5.41, 5.74) is 1.84. The maximum atomic E-state index is 13.4. The molecule has 0 aliphatic rings. The number of hydrogen-bond donors (Lipinski definition) is 2. The molecule has 0 radical (unpaired) electrons. The molecular weight excluding hydrogens is 322 g/mol. The number of hydrogen-bond acceptors (Lipinski definition) is 3. The Morgan fingerprint density at radius 1 is 1.08 bits per heavy atom. The van der Waals surface area contributed by atoms with E-state index in [-0.39, 0.29) is 18.6 Å². The fraction of sp³-hybridized carbons (Fsp3) is 0.450. The van der Waals surface area contributed by atoms with E-state index in [4.69, 9.17) is 0 Å². The van der Waals surface area contributed by atoms with Crippen molar-refractivity contribution in [2.24, 2.45) is 11.8 Å². The monoisotopic (exact) mass is 348 g/mol. The van der Waals surface area contributed by atoms with Crippen molar-refractivity contribution in [3.63, 3.8) is 0 Å². The molecular formula is C20H26F2N2O. The Balaban J connectivity index is 1.99. The van der Waals surface area contributed by atoms with Crippen LogP contribution in [0, 0.1) is 23.5 Å². The highest BCUT2D eigenvalue weighted by atomic mass is 19.2. The molecule has 2 rings (SSSR count). The van der Waals surface area contributed by atoms with Crippen LogP contribution in [0.2, 0.25) is 0 Å². The average Bonchev–Trinajstić information content (AvgIpc) is 2.60. The average molecular weight is 348 g/mol. The molecule has 0 aliphatic carbocycles. The second-order valence-electron chi connectivity index (χ2n) is 6.87. The molecule has 3 nitrogen and oxygen atoms in total. The number of aromatic nitrogens is 1. The topological polar surface area (TPSA) is 45.1 Å². The van der Waals surface area contributed by atoms with E-state index in [0.717, 1.165) is 18.1 Å². The molecule has 0 amide bonds. The van der Waals surface area contributed by atoms with Crippen LogP contribution in [0.3, 0.4) is 0 Å². The number of nitrogens with zero attached hydrogens (tertiary/aromatic N) is 1. The molecule has 0 bridgehead atoms. The number of aliphatic hydroxyl groups excluding tert-OH is 1. The van der Waals surface area contributed by atoms with E-state index in [0.29, 0.717) is 24.4 Å². The van der Waals surface area contributed by atoms with Crippen LogP contribution in [-0.2, 0) is 6.42 Å². The van der Waals surface area contributed by atoms with Gasteiger partial charge in [-0.2, -0.15) is 0 Å². The maximum absolute atomic E-state index is 13.4. The van der Waals surface area contributed by atoms with Crippen LogP contribution in [0.5, 0.6) is 0 Å². The first kappa shape index (κ1) is 19.5. The molecule has 5 heteroatoms. The Kier molecular flexibility index (Phi) is 7.47. The third-order valence-corrected chi connectivity index (χ3v) is 4.24. The van der Waals surface area contributed by atoms with E-state index < -0.39 is 11.6 Å². The summed E-state index contributed by atoms with van der Waals surface area (Å²) in [5.74, 6) is -1.25. The summed E-state index contributed by atoms with van der Waals surface area (Å²) in [6.07, 6.45) is 5.00. The molecule has 1 heterocycles. The van der Waals surface area contributed by atoms with E-state index in [1.165, 1.54) is 6.07 Å². The van der Waals surface area contributed by atoms with Gasteiger partial charge in [-0.05, 0) is 60.1 Å². The third kappa shape index (κ3) is 6.18. The summed E-state index contributed by atoms with van der Waals surface area (Å²) in [5, 5.41) is 13.2. The van der Waals surface area contributed by atoms with Crippen molar-refractivity contribution >= 4 is 0 Å². The van der Waals surface area contributed by atoms with Crippen LogP contribution in [0.25, 0.3) is 0 Å². The molecule has 2 aromatic rings. The van der Waals surface area contributed by atoms with Crippen LogP contribution < -0.4 is 5.32 Å². The van der Waals surface area contributed by atoms with Crippen molar-refractivity contribution in [3.05, 3.63) is 65.5 Å². The van der Waals surface area contributed by atoms with Crippen LogP contribution in [0.15, 0.2) is 42.7 Å². The van der Waals surface area contributed by atoms with Crippen molar-refractivity contribution in [1.29, 1.82) is 0 Å². The molecule has 2 N–H and O–H groups in total. The Bertz CT molecular complexity index is 649. The van der Waals surface area contributed by atoms with Gasteiger partial charge in [-0.1, -0.05) is 19.9 Å². The summed E-state index contributed by atoms with van der Waals surface area (Å²) in [4.78, 5) is 4.06. The molecule has 0 fully saturated rings. The first-order chi connectivity index (χ1) is 12.0. The van der Waals surface area contributed by atoms with E-state index >= 15 is 0 Å². The predicted octanol–water partition coefficient (Wildman–Crippen LogP) is 3.89. The Morgan fingerprint density at radius 3 is 2.40 bits per heavy atom. The Hall–Kier alpha value is -1.85. The first-order valence-electron chi connectivity index (χ1n) is 8.67. The molecule has 136 valence electrons. The normalized spacial score (nSPS) is 13.8. The van der Waals surface area contributed by atoms with Crippen molar-refractivity contribution in [3.8, 4) is 0 Å².